The van der Waals surface area contributed by atoms with Crippen molar-refractivity contribution in [2.45, 2.75) is 12.5 Å². The summed E-state index contributed by atoms with van der Waals surface area (Å²) in [5, 5.41) is 0. The predicted molar refractivity (Wildman–Crippen MR) is 81.9 cm³/mol. The molecule has 0 heterocycles. The highest BCUT2D eigenvalue weighted by atomic mass is 32.2. The van der Waals surface area contributed by atoms with Gasteiger partial charge in [0.2, 0.25) is 10.0 Å². The number of nitrogens with one attached hydrogen (secondary N) is 1. The van der Waals surface area contributed by atoms with Crippen LogP contribution in [-0.4, -0.2) is 14.7 Å². The molecule has 1 atom stereocenters. The lowest BCUT2D eigenvalue weighted by Crippen LogP contribution is -2.15. The minimum atomic E-state index is -3.50. The van der Waals surface area contributed by atoms with E-state index in [1.54, 1.807) is 6.07 Å². The van der Waals surface area contributed by atoms with Crippen LogP contribution >= 0.6 is 0 Å². The molecule has 0 spiro atoms. The first-order valence-corrected chi connectivity index (χ1v) is 8.31. The van der Waals surface area contributed by atoms with Crippen molar-refractivity contribution >= 4 is 15.7 Å². The number of benzene rings is 2. The van der Waals surface area contributed by atoms with Crippen LogP contribution in [0.25, 0.3) is 0 Å². The minimum Gasteiger partial charge on any atom is -0.324 e. The Morgan fingerprint density at radius 2 is 1.86 bits per heavy atom. The normalized spacial score (nSPS) is 12.9. The van der Waals surface area contributed by atoms with Crippen LogP contribution in [0.15, 0.2) is 48.5 Å². The molecule has 0 amide bonds. The van der Waals surface area contributed by atoms with Crippen LogP contribution in [0.5, 0.6) is 0 Å². The molecule has 3 N–H and O–H groups in total. The maximum absolute atomic E-state index is 13.9. The molecule has 2 aromatic rings. The summed E-state index contributed by atoms with van der Waals surface area (Å²) in [6.45, 7) is 0. The highest BCUT2D eigenvalue weighted by molar-refractivity contribution is 7.92. The summed E-state index contributed by atoms with van der Waals surface area (Å²) in [6, 6.07) is 13.6. The molecule has 2 aromatic carbocycles. The average molecular weight is 308 g/mol. The average Bonchev–Trinajstić information content (AvgIpc) is 2.40. The third-order valence-corrected chi connectivity index (χ3v) is 3.61. The molecule has 21 heavy (non-hydrogen) atoms. The van der Waals surface area contributed by atoms with Gasteiger partial charge in [-0.15, -0.1) is 0 Å². The third kappa shape index (κ3) is 4.54. The predicted octanol–water partition coefficient (Wildman–Crippen LogP) is 2.44. The maximum atomic E-state index is 13.9. The van der Waals surface area contributed by atoms with Crippen LogP contribution < -0.4 is 10.5 Å². The van der Waals surface area contributed by atoms with Crippen LogP contribution in [0, 0.1) is 5.82 Å². The molecule has 0 saturated carbocycles. The van der Waals surface area contributed by atoms with Gasteiger partial charge in [-0.2, -0.15) is 0 Å². The second-order valence-electron chi connectivity index (χ2n) is 4.91. The Bertz CT molecular complexity index is 718. The Morgan fingerprint density at radius 3 is 2.43 bits per heavy atom. The topological polar surface area (TPSA) is 72.2 Å². The van der Waals surface area contributed by atoms with Crippen molar-refractivity contribution in [3.8, 4) is 0 Å². The van der Waals surface area contributed by atoms with E-state index in [9.17, 15) is 12.8 Å². The van der Waals surface area contributed by atoms with Crippen molar-refractivity contribution in [1.29, 1.82) is 0 Å². The Kier molecular flexibility index (Phi) is 4.59. The number of hydrogen-bond acceptors (Lipinski definition) is 3. The smallest absolute Gasteiger partial charge is 0.229 e. The summed E-state index contributed by atoms with van der Waals surface area (Å²) in [7, 11) is -3.50. The highest BCUT2D eigenvalue weighted by Gasteiger charge is 2.12. The number of sulfonamides is 1. The number of nitrogens with two attached hydrogens (primary N) is 1. The molecule has 4 nitrogen and oxygen atoms in total. The van der Waals surface area contributed by atoms with Gasteiger partial charge in [-0.25, -0.2) is 12.8 Å². The molecular weight excluding hydrogens is 291 g/mol. The van der Waals surface area contributed by atoms with Gasteiger partial charge in [-0.3, -0.25) is 4.72 Å². The van der Waals surface area contributed by atoms with Crippen molar-refractivity contribution in [3.05, 3.63) is 65.5 Å². The molecule has 0 bridgehead atoms. The van der Waals surface area contributed by atoms with E-state index in [-0.39, 0.29) is 11.7 Å². The van der Waals surface area contributed by atoms with Crippen LogP contribution in [0.4, 0.5) is 10.1 Å². The lowest BCUT2D eigenvalue weighted by atomic mass is 9.99. The van der Waals surface area contributed by atoms with Crippen LogP contribution in [0.3, 0.4) is 0 Å². The van der Waals surface area contributed by atoms with Gasteiger partial charge in [0.25, 0.3) is 0 Å². The van der Waals surface area contributed by atoms with Crippen LogP contribution in [0.1, 0.15) is 17.2 Å². The fourth-order valence-electron chi connectivity index (χ4n) is 2.03. The second kappa shape index (κ2) is 6.24. The highest BCUT2D eigenvalue weighted by Crippen LogP contribution is 2.22. The largest absolute Gasteiger partial charge is 0.324 e. The molecule has 0 aliphatic rings. The van der Waals surface area contributed by atoms with Crippen molar-refractivity contribution in [1.82, 2.24) is 0 Å². The van der Waals surface area contributed by atoms with E-state index in [0.29, 0.717) is 12.0 Å². The molecule has 112 valence electrons. The molecule has 0 aliphatic carbocycles. The molecule has 0 aliphatic heterocycles. The van der Waals surface area contributed by atoms with E-state index in [1.165, 1.54) is 12.1 Å². The maximum Gasteiger partial charge on any atom is 0.229 e. The molecular formula is C15H17FN2O2S. The van der Waals surface area contributed by atoms with E-state index in [4.69, 9.17) is 5.73 Å². The Balaban J connectivity index is 2.16. The first kappa shape index (κ1) is 15.5. The third-order valence-electron chi connectivity index (χ3n) is 3.02. The Labute approximate surface area is 123 Å². The zero-order valence-electron chi connectivity index (χ0n) is 11.6. The van der Waals surface area contributed by atoms with Gasteiger partial charge in [0.15, 0.2) is 0 Å². The number of hydrogen-bond donors (Lipinski definition) is 2. The summed E-state index contributed by atoms with van der Waals surface area (Å²) in [6.07, 6.45) is 1.56. The van der Waals surface area contributed by atoms with E-state index < -0.39 is 15.8 Å². The monoisotopic (exact) mass is 308 g/mol. The molecule has 6 heteroatoms. The van der Waals surface area contributed by atoms with Gasteiger partial charge in [-0.1, -0.05) is 36.4 Å². The van der Waals surface area contributed by atoms with Crippen LogP contribution in [0.2, 0.25) is 0 Å². The number of rotatable bonds is 5. The molecule has 0 fully saturated rings. The van der Waals surface area contributed by atoms with Gasteiger partial charge in [0.1, 0.15) is 5.82 Å². The number of anilines is 1. The molecule has 0 saturated heterocycles. The van der Waals surface area contributed by atoms with Gasteiger partial charge in [0, 0.05) is 6.04 Å². The summed E-state index contributed by atoms with van der Waals surface area (Å²) in [5.41, 5.74) is 7.67. The SMILES string of the molecule is CS(=O)(=O)Nc1ccc(C(N)Cc2ccccc2)cc1F. The fraction of sp³-hybridized carbons (Fsp3) is 0.200. The van der Waals surface area contributed by atoms with Gasteiger partial charge in [-0.05, 0) is 29.7 Å². The van der Waals surface area contributed by atoms with E-state index in [1.807, 2.05) is 30.3 Å². The Hall–Kier alpha value is -1.92. The molecule has 1 unspecified atom stereocenters. The van der Waals surface area contributed by atoms with Crippen molar-refractivity contribution in [2.24, 2.45) is 5.73 Å². The van der Waals surface area contributed by atoms with Crippen molar-refractivity contribution < 1.29 is 12.8 Å². The second-order valence-corrected chi connectivity index (χ2v) is 6.66. The lowest BCUT2D eigenvalue weighted by molar-refractivity contribution is 0.602. The quantitative estimate of drug-likeness (QED) is 0.891. The summed E-state index contributed by atoms with van der Waals surface area (Å²) < 4.78 is 38.2. The first-order valence-electron chi connectivity index (χ1n) is 6.42. The lowest BCUT2D eigenvalue weighted by Gasteiger charge is -2.14. The van der Waals surface area contributed by atoms with Crippen molar-refractivity contribution in [2.75, 3.05) is 11.0 Å². The van der Waals surface area contributed by atoms with Gasteiger partial charge < -0.3 is 5.73 Å². The molecule has 0 aromatic heterocycles. The zero-order valence-corrected chi connectivity index (χ0v) is 12.4. The van der Waals surface area contributed by atoms with Gasteiger partial charge in [0.05, 0.1) is 11.9 Å². The number of halogens is 1. The minimum absolute atomic E-state index is 0.0758. The van der Waals surface area contributed by atoms with Crippen molar-refractivity contribution in [3.63, 3.8) is 0 Å². The Morgan fingerprint density at radius 1 is 1.19 bits per heavy atom. The fourth-order valence-corrected chi connectivity index (χ4v) is 2.60. The van der Waals surface area contributed by atoms with Crippen LogP contribution in [-0.2, 0) is 16.4 Å². The zero-order chi connectivity index (χ0) is 15.5. The van der Waals surface area contributed by atoms with E-state index in [2.05, 4.69) is 4.72 Å². The summed E-state index contributed by atoms with van der Waals surface area (Å²) >= 11 is 0. The van der Waals surface area contributed by atoms with Gasteiger partial charge >= 0.3 is 0 Å². The van der Waals surface area contributed by atoms with E-state index in [0.717, 1.165) is 11.8 Å². The summed E-state index contributed by atoms with van der Waals surface area (Å²) in [4.78, 5) is 0. The first-order chi connectivity index (χ1) is 9.85. The standard InChI is InChI=1S/C15H17FN2O2S/c1-21(19,20)18-15-8-7-12(10-13(15)16)14(17)9-11-5-3-2-4-6-11/h2-8,10,14,18H,9,17H2,1H3. The van der Waals surface area contributed by atoms with E-state index >= 15 is 0 Å². The molecule has 2 rings (SSSR count). The molecule has 0 radical (unpaired) electrons. The summed E-state index contributed by atoms with van der Waals surface area (Å²) in [5.74, 6) is -0.638.